The minimum Gasteiger partial charge on any atom is -0.507 e. The topological polar surface area (TPSA) is 72.8 Å². The Bertz CT molecular complexity index is 817. The van der Waals surface area contributed by atoms with Crippen LogP contribution in [0.4, 0.5) is 0 Å². The predicted molar refractivity (Wildman–Crippen MR) is 75.9 cm³/mol. The number of hydrogen-bond acceptors (Lipinski definition) is 5. The Labute approximate surface area is 120 Å². The lowest BCUT2D eigenvalue weighted by Crippen LogP contribution is -2.18. The summed E-state index contributed by atoms with van der Waals surface area (Å²) in [5.41, 5.74) is 0.422. The van der Waals surface area contributed by atoms with Crippen molar-refractivity contribution in [2.24, 2.45) is 0 Å². The first-order chi connectivity index (χ1) is 10.1. The molecule has 21 heavy (non-hydrogen) atoms. The van der Waals surface area contributed by atoms with E-state index in [1.54, 1.807) is 18.2 Å². The van der Waals surface area contributed by atoms with E-state index in [4.69, 9.17) is 9.47 Å². The van der Waals surface area contributed by atoms with Gasteiger partial charge in [0.2, 0.25) is 5.78 Å². The van der Waals surface area contributed by atoms with Crippen LogP contribution in [-0.2, 0) is 4.74 Å². The third kappa shape index (κ3) is 1.86. The average molecular weight is 284 g/mol. The van der Waals surface area contributed by atoms with Crippen molar-refractivity contribution in [3.05, 3.63) is 47.2 Å². The summed E-state index contributed by atoms with van der Waals surface area (Å²) < 4.78 is 10.0. The normalized spacial score (nSPS) is 13.9. The zero-order chi connectivity index (χ0) is 15.1. The monoisotopic (exact) mass is 284 g/mol. The Hall–Kier alpha value is -2.82. The van der Waals surface area contributed by atoms with Gasteiger partial charge in [-0.15, -0.1) is 0 Å². The molecule has 0 aliphatic heterocycles. The number of carbonyl (C=O) groups excluding carboxylic acids is 2. The van der Waals surface area contributed by atoms with Gasteiger partial charge in [-0.3, -0.25) is 9.59 Å². The zero-order valence-electron chi connectivity index (χ0n) is 11.5. The van der Waals surface area contributed by atoms with E-state index < -0.39 is 5.78 Å². The number of rotatable bonds is 2. The third-order valence-corrected chi connectivity index (χ3v) is 3.50. The smallest absolute Gasteiger partial charge is 0.229 e. The number of carbonyl (C=O) groups is 2. The molecule has 2 aromatic carbocycles. The average Bonchev–Trinajstić information content (AvgIpc) is 2.49. The van der Waals surface area contributed by atoms with Gasteiger partial charge in [-0.1, -0.05) is 6.07 Å². The van der Waals surface area contributed by atoms with Crippen molar-refractivity contribution in [1.29, 1.82) is 0 Å². The van der Waals surface area contributed by atoms with Gasteiger partial charge >= 0.3 is 0 Å². The second kappa shape index (κ2) is 4.63. The van der Waals surface area contributed by atoms with Crippen LogP contribution in [0, 0.1) is 0 Å². The first-order valence-electron chi connectivity index (χ1n) is 6.25. The lowest BCUT2D eigenvalue weighted by Gasteiger charge is -2.17. The molecular formula is C16H12O5. The molecule has 106 valence electrons. The van der Waals surface area contributed by atoms with Gasteiger partial charge in [0.1, 0.15) is 11.5 Å². The molecule has 1 N–H and O–H groups in total. The van der Waals surface area contributed by atoms with E-state index in [0.717, 1.165) is 6.08 Å². The number of ether oxygens (including phenoxy) is 2. The molecule has 2 aromatic rings. The van der Waals surface area contributed by atoms with E-state index in [1.807, 2.05) is 0 Å². The number of hydrogen-bond donors (Lipinski definition) is 1. The molecule has 0 unspecified atom stereocenters. The van der Waals surface area contributed by atoms with E-state index >= 15 is 0 Å². The van der Waals surface area contributed by atoms with E-state index in [-0.39, 0.29) is 28.4 Å². The molecule has 0 bridgehead atoms. The Balaban J connectivity index is 2.39. The summed E-state index contributed by atoms with van der Waals surface area (Å²) in [4.78, 5) is 24.5. The van der Waals surface area contributed by atoms with Gasteiger partial charge in [0.25, 0.3) is 0 Å². The fraction of sp³-hybridized carbons (Fsp3) is 0.125. The molecular weight excluding hydrogens is 272 g/mol. The van der Waals surface area contributed by atoms with Gasteiger partial charge in [-0.25, -0.2) is 0 Å². The predicted octanol–water partition coefficient (Wildman–Crippen LogP) is 2.46. The number of allylic oxidation sites excluding steroid dienone is 2. The van der Waals surface area contributed by atoms with Gasteiger partial charge in [0.05, 0.1) is 14.2 Å². The van der Waals surface area contributed by atoms with Crippen LogP contribution in [0.1, 0.15) is 20.7 Å². The first kappa shape index (κ1) is 13.2. The molecule has 0 saturated heterocycles. The first-order valence-corrected chi connectivity index (χ1v) is 6.25. The number of phenols is 1. The third-order valence-electron chi connectivity index (χ3n) is 3.50. The maximum atomic E-state index is 12.4. The molecule has 5 heteroatoms. The highest BCUT2D eigenvalue weighted by Gasteiger charge is 2.29. The molecule has 0 radical (unpaired) electrons. The Morgan fingerprint density at radius 1 is 1.05 bits per heavy atom. The second-order valence-corrected chi connectivity index (χ2v) is 4.64. The van der Waals surface area contributed by atoms with Crippen LogP contribution in [-0.4, -0.2) is 30.9 Å². The van der Waals surface area contributed by atoms with Crippen molar-refractivity contribution in [3.63, 3.8) is 0 Å². The van der Waals surface area contributed by atoms with Crippen LogP contribution in [0.15, 0.2) is 36.1 Å². The summed E-state index contributed by atoms with van der Waals surface area (Å²) in [6.07, 6.45) is 1.16. The van der Waals surface area contributed by atoms with Gasteiger partial charge in [-0.05, 0) is 17.5 Å². The van der Waals surface area contributed by atoms with Crippen LogP contribution in [0.2, 0.25) is 0 Å². The molecule has 0 amide bonds. The SMILES string of the molecule is COC1=CC(=O)c2ccc3cc(OC)cc(O)c3c2C1=O. The summed E-state index contributed by atoms with van der Waals surface area (Å²) in [5.74, 6) is -0.413. The van der Waals surface area contributed by atoms with Crippen LogP contribution in [0.3, 0.4) is 0 Å². The standard InChI is InChI=1S/C16H12O5/c1-20-9-5-8-3-4-10-11(17)7-13(21-2)16(19)15(10)14(8)12(18)6-9/h3-7,18H,1-2H3. The molecule has 0 saturated carbocycles. The quantitative estimate of drug-likeness (QED) is 0.917. The number of benzene rings is 2. The number of Topliss-reactive ketones (excluding diaryl/α,β-unsaturated/α-hetero) is 1. The number of phenolic OH excluding ortho intramolecular Hbond substituents is 1. The van der Waals surface area contributed by atoms with Crippen LogP contribution in [0.5, 0.6) is 11.5 Å². The molecule has 0 heterocycles. The maximum absolute atomic E-state index is 12.4. The van der Waals surface area contributed by atoms with E-state index in [2.05, 4.69) is 0 Å². The maximum Gasteiger partial charge on any atom is 0.229 e. The number of fused-ring (bicyclic) bond motifs is 3. The molecule has 0 atom stereocenters. The number of methoxy groups -OCH3 is 2. The highest BCUT2D eigenvalue weighted by atomic mass is 16.5. The molecule has 0 fully saturated rings. The summed E-state index contributed by atoms with van der Waals surface area (Å²) in [5, 5.41) is 11.1. The highest BCUT2D eigenvalue weighted by molar-refractivity contribution is 6.29. The Morgan fingerprint density at radius 2 is 1.81 bits per heavy atom. The Morgan fingerprint density at radius 3 is 2.48 bits per heavy atom. The molecule has 5 nitrogen and oxygen atoms in total. The summed E-state index contributed by atoms with van der Waals surface area (Å²) in [6.45, 7) is 0. The molecule has 0 aromatic heterocycles. The fourth-order valence-electron chi connectivity index (χ4n) is 2.51. The molecule has 1 aliphatic carbocycles. The van der Waals surface area contributed by atoms with Crippen molar-refractivity contribution < 1.29 is 24.2 Å². The molecule has 1 aliphatic rings. The summed E-state index contributed by atoms with van der Waals surface area (Å²) in [7, 11) is 2.81. The minimum atomic E-state index is -0.418. The second-order valence-electron chi connectivity index (χ2n) is 4.64. The summed E-state index contributed by atoms with van der Waals surface area (Å²) >= 11 is 0. The van der Waals surface area contributed by atoms with E-state index in [9.17, 15) is 14.7 Å². The van der Waals surface area contributed by atoms with E-state index in [0.29, 0.717) is 16.5 Å². The van der Waals surface area contributed by atoms with Crippen molar-refractivity contribution >= 4 is 22.3 Å². The van der Waals surface area contributed by atoms with Gasteiger partial charge in [0.15, 0.2) is 11.5 Å². The van der Waals surface area contributed by atoms with Crippen molar-refractivity contribution in [3.8, 4) is 11.5 Å². The lowest BCUT2D eigenvalue weighted by atomic mass is 9.88. The largest absolute Gasteiger partial charge is 0.507 e. The van der Waals surface area contributed by atoms with Crippen LogP contribution < -0.4 is 4.74 Å². The molecule has 0 spiro atoms. The zero-order valence-corrected chi connectivity index (χ0v) is 11.5. The van der Waals surface area contributed by atoms with Crippen LogP contribution >= 0.6 is 0 Å². The van der Waals surface area contributed by atoms with Crippen molar-refractivity contribution in [1.82, 2.24) is 0 Å². The van der Waals surface area contributed by atoms with Gasteiger partial charge < -0.3 is 14.6 Å². The van der Waals surface area contributed by atoms with Gasteiger partial charge in [-0.2, -0.15) is 0 Å². The number of aromatic hydroxyl groups is 1. The summed E-state index contributed by atoms with van der Waals surface area (Å²) in [6, 6.07) is 6.34. The lowest BCUT2D eigenvalue weighted by molar-refractivity contribution is 0.0918. The highest BCUT2D eigenvalue weighted by Crippen LogP contribution is 2.37. The Kier molecular flexibility index (Phi) is 2.90. The van der Waals surface area contributed by atoms with Gasteiger partial charge in [0, 0.05) is 28.7 Å². The minimum absolute atomic E-state index is 0.0322. The fourth-order valence-corrected chi connectivity index (χ4v) is 2.51. The number of ketones is 2. The van der Waals surface area contributed by atoms with E-state index in [1.165, 1.54) is 20.3 Å². The van der Waals surface area contributed by atoms with Crippen molar-refractivity contribution in [2.45, 2.75) is 0 Å². The molecule has 3 rings (SSSR count). The van der Waals surface area contributed by atoms with Crippen molar-refractivity contribution in [2.75, 3.05) is 14.2 Å². The van der Waals surface area contributed by atoms with Crippen LogP contribution in [0.25, 0.3) is 10.8 Å².